The van der Waals surface area contributed by atoms with Gasteiger partial charge < -0.3 is 4.52 Å². The molecule has 0 aliphatic heterocycles. The van der Waals surface area contributed by atoms with Crippen LogP contribution in [0.25, 0.3) is 0 Å². The fraction of sp³-hybridized carbons (Fsp3) is 0.357. The summed E-state index contributed by atoms with van der Waals surface area (Å²) in [6, 6.07) is 4.48. The maximum atomic E-state index is 12.5. The SMILES string of the molecule is O=S(=O)(Nc1onc2c1CCCC2)c1ccc(C(F)F)cc1. The van der Waals surface area contributed by atoms with E-state index in [0.29, 0.717) is 6.42 Å². The van der Waals surface area contributed by atoms with Gasteiger partial charge in [0.15, 0.2) is 0 Å². The fourth-order valence-electron chi connectivity index (χ4n) is 2.44. The first-order valence-corrected chi connectivity index (χ1v) is 8.34. The highest BCUT2D eigenvalue weighted by Gasteiger charge is 2.24. The van der Waals surface area contributed by atoms with Crippen LogP contribution in [-0.4, -0.2) is 13.6 Å². The number of hydrogen-bond donors (Lipinski definition) is 1. The molecular formula is C14H14F2N2O3S. The summed E-state index contributed by atoms with van der Waals surface area (Å²) in [6.45, 7) is 0. The minimum Gasteiger partial charge on any atom is -0.337 e. The molecule has 0 amide bonds. The first-order valence-electron chi connectivity index (χ1n) is 6.86. The highest BCUT2D eigenvalue weighted by atomic mass is 32.2. The van der Waals surface area contributed by atoms with E-state index in [-0.39, 0.29) is 16.3 Å². The van der Waals surface area contributed by atoms with E-state index in [1.54, 1.807) is 0 Å². The van der Waals surface area contributed by atoms with Crippen molar-refractivity contribution >= 4 is 15.9 Å². The van der Waals surface area contributed by atoms with E-state index in [1.807, 2.05) is 0 Å². The maximum absolute atomic E-state index is 12.5. The summed E-state index contributed by atoms with van der Waals surface area (Å²) < 4.78 is 57.0. The molecule has 0 saturated heterocycles. The smallest absolute Gasteiger partial charge is 0.264 e. The Morgan fingerprint density at radius 1 is 1.14 bits per heavy atom. The Labute approximate surface area is 126 Å². The number of anilines is 1. The summed E-state index contributed by atoms with van der Waals surface area (Å²) in [7, 11) is -3.89. The van der Waals surface area contributed by atoms with E-state index in [1.165, 1.54) is 0 Å². The Kier molecular flexibility index (Phi) is 3.86. The molecule has 0 saturated carbocycles. The lowest BCUT2D eigenvalue weighted by Crippen LogP contribution is -2.14. The van der Waals surface area contributed by atoms with Crippen LogP contribution in [0.5, 0.6) is 0 Å². The summed E-state index contributed by atoms with van der Waals surface area (Å²) in [5, 5.41) is 3.87. The van der Waals surface area contributed by atoms with Crippen LogP contribution in [0.1, 0.15) is 36.1 Å². The van der Waals surface area contributed by atoms with Crippen molar-refractivity contribution in [3.05, 3.63) is 41.1 Å². The van der Waals surface area contributed by atoms with Gasteiger partial charge in [-0.25, -0.2) is 21.9 Å². The van der Waals surface area contributed by atoms with Gasteiger partial charge in [0, 0.05) is 11.1 Å². The molecule has 5 nitrogen and oxygen atoms in total. The number of aromatic nitrogens is 1. The van der Waals surface area contributed by atoms with Crippen LogP contribution in [0.3, 0.4) is 0 Å². The summed E-state index contributed by atoms with van der Waals surface area (Å²) in [4.78, 5) is -0.0992. The molecule has 118 valence electrons. The number of nitrogens with zero attached hydrogens (tertiary/aromatic N) is 1. The summed E-state index contributed by atoms with van der Waals surface area (Å²) in [5.74, 6) is 0.118. The Balaban J connectivity index is 1.86. The Hall–Kier alpha value is -1.96. The van der Waals surface area contributed by atoms with Crippen LogP contribution in [0.2, 0.25) is 0 Å². The summed E-state index contributed by atoms with van der Waals surface area (Å²) >= 11 is 0. The zero-order valence-electron chi connectivity index (χ0n) is 11.6. The molecule has 0 spiro atoms. The lowest BCUT2D eigenvalue weighted by Gasteiger charge is -2.11. The molecule has 0 atom stereocenters. The zero-order chi connectivity index (χ0) is 15.7. The number of nitrogens with one attached hydrogen (secondary N) is 1. The Morgan fingerprint density at radius 3 is 2.50 bits per heavy atom. The van der Waals surface area contributed by atoms with Crippen molar-refractivity contribution in [2.75, 3.05) is 4.72 Å². The van der Waals surface area contributed by atoms with Crippen molar-refractivity contribution in [1.29, 1.82) is 0 Å². The highest BCUT2D eigenvalue weighted by Crippen LogP contribution is 2.29. The number of halogens is 2. The van der Waals surface area contributed by atoms with E-state index in [0.717, 1.165) is 54.8 Å². The number of hydrogen-bond acceptors (Lipinski definition) is 4. The Morgan fingerprint density at radius 2 is 1.82 bits per heavy atom. The molecule has 1 N–H and O–H groups in total. The molecular weight excluding hydrogens is 314 g/mol. The minimum absolute atomic E-state index is 0.0992. The first-order chi connectivity index (χ1) is 10.5. The third-order valence-corrected chi connectivity index (χ3v) is 4.98. The van der Waals surface area contributed by atoms with Crippen molar-refractivity contribution in [3.63, 3.8) is 0 Å². The maximum Gasteiger partial charge on any atom is 0.264 e. The molecule has 0 fully saturated rings. The highest BCUT2D eigenvalue weighted by molar-refractivity contribution is 7.92. The summed E-state index contributed by atoms with van der Waals surface area (Å²) in [5.41, 5.74) is 1.33. The van der Waals surface area contributed by atoms with E-state index < -0.39 is 16.4 Å². The van der Waals surface area contributed by atoms with Gasteiger partial charge in [-0.3, -0.25) is 0 Å². The number of aryl methyl sites for hydroxylation is 1. The fourth-order valence-corrected chi connectivity index (χ4v) is 3.46. The molecule has 8 heteroatoms. The molecule has 1 aliphatic rings. The topological polar surface area (TPSA) is 72.2 Å². The standard InChI is InChI=1S/C14H14F2N2O3S/c15-13(16)9-5-7-10(8-6-9)22(19,20)18-14-11-3-1-2-4-12(11)17-21-14/h5-8,13,18H,1-4H2. The monoisotopic (exact) mass is 328 g/mol. The second-order valence-electron chi connectivity index (χ2n) is 5.12. The largest absolute Gasteiger partial charge is 0.337 e. The number of alkyl halides is 2. The lowest BCUT2D eigenvalue weighted by molar-refractivity contribution is 0.151. The molecule has 3 rings (SSSR count). The van der Waals surface area contributed by atoms with Gasteiger partial charge in [0.1, 0.15) is 0 Å². The van der Waals surface area contributed by atoms with E-state index >= 15 is 0 Å². The van der Waals surface area contributed by atoms with Crippen molar-refractivity contribution < 1.29 is 21.7 Å². The van der Waals surface area contributed by atoms with Gasteiger partial charge >= 0.3 is 0 Å². The van der Waals surface area contributed by atoms with Crippen molar-refractivity contribution in [1.82, 2.24) is 5.16 Å². The van der Waals surface area contributed by atoms with Crippen molar-refractivity contribution in [2.45, 2.75) is 37.0 Å². The van der Waals surface area contributed by atoms with Crippen LogP contribution in [-0.2, 0) is 22.9 Å². The van der Waals surface area contributed by atoms with Gasteiger partial charge in [-0.15, -0.1) is 0 Å². The third-order valence-electron chi connectivity index (χ3n) is 3.63. The van der Waals surface area contributed by atoms with E-state index in [9.17, 15) is 17.2 Å². The average molecular weight is 328 g/mol. The predicted molar refractivity (Wildman–Crippen MR) is 75.4 cm³/mol. The second kappa shape index (κ2) is 5.68. The van der Waals surface area contributed by atoms with E-state index in [2.05, 4.69) is 9.88 Å². The summed E-state index contributed by atoms with van der Waals surface area (Å²) in [6.07, 6.45) is 0.795. The van der Waals surface area contributed by atoms with Crippen LogP contribution in [0.15, 0.2) is 33.7 Å². The Bertz CT molecular complexity index is 770. The number of benzene rings is 1. The van der Waals surface area contributed by atoms with Crippen LogP contribution in [0, 0.1) is 0 Å². The lowest BCUT2D eigenvalue weighted by atomic mass is 9.98. The van der Waals surface area contributed by atoms with Gasteiger partial charge in [0.25, 0.3) is 16.4 Å². The molecule has 1 aromatic heterocycles. The molecule has 0 unspecified atom stereocenters. The normalized spacial score (nSPS) is 14.9. The van der Waals surface area contributed by atoms with Gasteiger partial charge in [0.2, 0.25) is 5.88 Å². The average Bonchev–Trinajstić information content (AvgIpc) is 2.90. The second-order valence-corrected chi connectivity index (χ2v) is 6.80. The zero-order valence-corrected chi connectivity index (χ0v) is 12.4. The van der Waals surface area contributed by atoms with E-state index in [4.69, 9.17) is 4.52 Å². The predicted octanol–water partition coefficient (Wildman–Crippen LogP) is 3.29. The van der Waals surface area contributed by atoms with Gasteiger partial charge in [-0.2, -0.15) is 0 Å². The first kappa shape index (κ1) is 15.0. The van der Waals surface area contributed by atoms with Crippen LogP contribution >= 0.6 is 0 Å². The third kappa shape index (κ3) is 2.83. The molecule has 0 bridgehead atoms. The van der Waals surface area contributed by atoms with Crippen LogP contribution < -0.4 is 4.72 Å². The number of rotatable bonds is 4. The quantitative estimate of drug-likeness (QED) is 0.935. The number of fused-ring (bicyclic) bond motifs is 1. The molecule has 22 heavy (non-hydrogen) atoms. The molecule has 2 aromatic rings. The van der Waals surface area contributed by atoms with Gasteiger partial charge in [0.05, 0.1) is 10.6 Å². The van der Waals surface area contributed by atoms with Gasteiger partial charge in [-0.05, 0) is 37.8 Å². The van der Waals surface area contributed by atoms with Crippen molar-refractivity contribution in [2.24, 2.45) is 0 Å². The molecule has 1 aromatic carbocycles. The molecule has 0 radical (unpaired) electrons. The number of sulfonamides is 1. The van der Waals surface area contributed by atoms with Crippen molar-refractivity contribution in [3.8, 4) is 0 Å². The minimum atomic E-state index is -3.89. The van der Waals surface area contributed by atoms with Crippen LogP contribution in [0.4, 0.5) is 14.7 Å². The molecule has 1 aliphatic carbocycles. The molecule has 1 heterocycles. The van der Waals surface area contributed by atoms with Gasteiger partial charge in [-0.1, -0.05) is 17.3 Å².